The number of hydrogen-bond donors (Lipinski definition) is 1. The number of likely N-dealkylation sites (N-methyl/N-ethyl adjacent to an activating group) is 1. The average Bonchev–Trinajstić information content (AvgIpc) is 3.07. The van der Waals surface area contributed by atoms with E-state index in [0.29, 0.717) is 11.4 Å². The van der Waals surface area contributed by atoms with Crippen LogP contribution in [0.2, 0.25) is 0 Å². The van der Waals surface area contributed by atoms with E-state index in [1.807, 2.05) is 22.9 Å². The first kappa shape index (κ1) is 16.1. The molecule has 0 bridgehead atoms. The first-order valence-corrected chi connectivity index (χ1v) is 8.97. The number of pyridine rings is 1. The number of amides is 1. The Kier molecular flexibility index (Phi) is 4.40. The maximum Gasteiger partial charge on any atom is 0.276 e. The molecule has 0 aromatic carbocycles. The van der Waals surface area contributed by atoms with Crippen LogP contribution in [-0.2, 0) is 13.0 Å². The van der Waals surface area contributed by atoms with Crippen LogP contribution in [-0.4, -0.2) is 58.8 Å². The number of hydrogen-bond acceptors (Lipinski definition) is 5. The number of carbonyl (C=O) groups excluding carboxylic acids is 1. The molecule has 2 aliphatic heterocycles. The van der Waals surface area contributed by atoms with Crippen molar-refractivity contribution in [2.45, 2.75) is 25.8 Å². The number of nitrogens with zero attached hydrogens (tertiary/aromatic N) is 5. The maximum absolute atomic E-state index is 12.4. The number of piperazine rings is 1. The van der Waals surface area contributed by atoms with Crippen molar-refractivity contribution in [3.05, 3.63) is 35.8 Å². The van der Waals surface area contributed by atoms with E-state index in [4.69, 9.17) is 0 Å². The molecule has 4 heterocycles. The number of aryl methyl sites for hydroxylation is 2. The second-order valence-corrected chi connectivity index (χ2v) is 6.85. The molecule has 25 heavy (non-hydrogen) atoms. The van der Waals surface area contributed by atoms with Crippen LogP contribution in [0.3, 0.4) is 0 Å². The second-order valence-electron chi connectivity index (χ2n) is 6.85. The maximum atomic E-state index is 12.4. The lowest BCUT2D eigenvalue weighted by molar-refractivity contribution is 0.102. The van der Waals surface area contributed by atoms with Crippen LogP contribution in [0.25, 0.3) is 0 Å². The van der Waals surface area contributed by atoms with E-state index in [9.17, 15) is 4.79 Å². The first-order chi connectivity index (χ1) is 12.2. The normalized spacial score (nSPS) is 18.0. The molecular weight excluding hydrogens is 316 g/mol. The highest BCUT2D eigenvalue weighted by Crippen LogP contribution is 2.18. The van der Waals surface area contributed by atoms with Crippen LogP contribution < -0.4 is 10.2 Å². The molecule has 0 atom stereocenters. The summed E-state index contributed by atoms with van der Waals surface area (Å²) in [6, 6.07) is 5.79. The summed E-state index contributed by atoms with van der Waals surface area (Å²) >= 11 is 0. The van der Waals surface area contributed by atoms with E-state index in [0.717, 1.165) is 57.1 Å². The minimum Gasteiger partial charge on any atom is -0.354 e. The minimum absolute atomic E-state index is 0.170. The molecule has 1 saturated heterocycles. The van der Waals surface area contributed by atoms with Gasteiger partial charge in [0.05, 0.1) is 11.9 Å². The lowest BCUT2D eigenvalue weighted by atomic mass is 10.1. The van der Waals surface area contributed by atoms with Crippen LogP contribution in [0.15, 0.2) is 24.4 Å². The van der Waals surface area contributed by atoms with Crippen LogP contribution in [0, 0.1) is 0 Å². The Balaban J connectivity index is 1.40. The smallest absolute Gasteiger partial charge is 0.276 e. The zero-order valence-electron chi connectivity index (χ0n) is 14.6. The van der Waals surface area contributed by atoms with Gasteiger partial charge in [-0.05, 0) is 44.5 Å². The fourth-order valence-electron chi connectivity index (χ4n) is 3.41. The molecule has 0 radical (unpaired) electrons. The van der Waals surface area contributed by atoms with Gasteiger partial charge in [-0.3, -0.25) is 9.48 Å². The summed E-state index contributed by atoms with van der Waals surface area (Å²) < 4.78 is 1.95. The van der Waals surface area contributed by atoms with Crippen molar-refractivity contribution in [2.75, 3.05) is 43.4 Å². The summed E-state index contributed by atoms with van der Waals surface area (Å²) in [7, 11) is 2.14. The van der Waals surface area contributed by atoms with Gasteiger partial charge < -0.3 is 15.1 Å². The van der Waals surface area contributed by atoms with Crippen LogP contribution in [0.1, 0.15) is 29.0 Å². The first-order valence-electron chi connectivity index (χ1n) is 8.97. The van der Waals surface area contributed by atoms with Gasteiger partial charge in [-0.2, -0.15) is 5.10 Å². The summed E-state index contributed by atoms with van der Waals surface area (Å²) in [5.41, 5.74) is 2.34. The number of anilines is 2. The number of aromatic nitrogens is 3. The van der Waals surface area contributed by atoms with Crippen molar-refractivity contribution in [3.63, 3.8) is 0 Å². The number of fused-ring (bicyclic) bond motifs is 1. The summed E-state index contributed by atoms with van der Waals surface area (Å²) in [4.78, 5) is 21.5. The van der Waals surface area contributed by atoms with Crippen LogP contribution in [0.5, 0.6) is 0 Å². The Hall–Kier alpha value is -2.41. The van der Waals surface area contributed by atoms with Crippen LogP contribution in [0.4, 0.5) is 11.5 Å². The van der Waals surface area contributed by atoms with Crippen molar-refractivity contribution < 1.29 is 4.79 Å². The fraction of sp³-hybridized carbons (Fsp3) is 0.500. The van der Waals surface area contributed by atoms with Gasteiger partial charge in [-0.25, -0.2) is 4.98 Å². The molecule has 7 nitrogen and oxygen atoms in total. The Morgan fingerprint density at radius 2 is 1.96 bits per heavy atom. The van der Waals surface area contributed by atoms with Crippen LogP contribution >= 0.6 is 0 Å². The summed E-state index contributed by atoms with van der Waals surface area (Å²) in [5, 5.41) is 7.32. The highest BCUT2D eigenvalue weighted by atomic mass is 16.2. The van der Waals surface area contributed by atoms with Gasteiger partial charge in [-0.15, -0.1) is 0 Å². The largest absolute Gasteiger partial charge is 0.354 e. The molecule has 0 unspecified atom stereocenters. The third-order valence-corrected chi connectivity index (χ3v) is 4.98. The van der Waals surface area contributed by atoms with Gasteiger partial charge in [0.1, 0.15) is 5.82 Å². The van der Waals surface area contributed by atoms with E-state index in [-0.39, 0.29) is 5.91 Å². The van der Waals surface area contributed by atoms with E-state index in [2.05, 4.69) is 32.2 Å². The zero-order valence-corrected chi connectivity index (χ0v) is 14.6. The predicted octanol–water partition coefficient (Wildman–Crippen LogP) is 1.62. The second kappa shape index (κ2) is 6.84. The van der Waals surface area contributed by atoms with Crippen molar-refractivity contribution >= 4 is 17.4 Å². The molecule has 4 rings (SSSR count). The summed E-state index contributed by atoms with van der Waals surface area (Å²) in [5.74, 6) is 0.791. The lowest BCUT2D eigenvalue weighted by Gasteiger charge is -2.33. The quantitative estimate of drug-likeness (QED) is 0.920. The third kappa shape index (κ3) is 3.51. The third-order valence-electron chi connectivity index (χ3n) is 4.98. The molecule has 1 fully saturated rings. The molecular formula is C18H24N6O. The molecule has 0 aliphatic carbocycles. The van der Waals surface area contributed by atoms with E-state index in [1.54, 1.807) is 6.20 Å². The van der Waals surface area contributed by atoms with Gasteiger partial charge in [-0.1, -0.05) is 0 Å². The molecule has 132 valence electrons. The molecule has 1 N–H and O–H groups in total. The van der Waals surface area contributed by atoms with Crippen molar-refractivity contribution in [2.24, 2.45) is 0 Å². The Bertz CT molecular complexity index is 722. The topological polar surface area (TPSA) is 66.3 Å². The standard InChI is InChI=1S/C18H24N6O/c1-22-8-10-23(11-9-22)17-6-5-14(13-19-17)20-18(25)16-12-15-4-2-3-7-24(15)21-16/h5-6,12-13H,2-4,7-11H2,1H3,(H,20,25). The van der Waals surface area contributed by atoms with Crippen molar-refractivity contribution in [1.29, 1.82) is 0 Å². The summed E-state index contributed by atoms with van der Waals surface area (Å²) in [6.45, 7) is 4.96. The summed E-state index contributed by atoms with van der Waals surface area (Å²) in [6.07, 6.45) is 5.03. The van der Waals surface area contributed by atoms with E-state index >= 15 is 0 Å². The predicted molar refractivity (Wildman–Crippen MR) is 97.1 cm³/mol. The molecule has 0 spiro atoms. The molecule has 0 saturated carbocycles. The molecule has 2 aromatic heterocycles. The Morgan fingerprint density at radius 1 is 1.12 bits per heavy atom. The van der Waals surface area contributed by atoms with Gasteiger partial charge in [0.25, 0.3) is 5.91 Å². The van der Waals surface area contributed by atoms with Gasteiger partial charge in [0.2, 0.25) is 0 Å². The fourth-order valence-corrected chi connectivity index (χ4v) is 3.41. The number of carbonyl (C=O) groups is 1. The molecule has 1 amide bonds. The van der Waals surface area contributed by atoms with Crippen molar-refractivity contribution in [3.8, 4) is 0 Å². The Morgan fingerprint density at radius 3 is 2.68 bits per heavy atom. The lowest BCUT2D eigenvalue weighted by Crippen LogP contribution is -2.44. The minimum atomic E-state index is -0.170. The van der Waals surface area contributed by atoms with Gasteiger partial charge in [0, 0.05) is 38.4 Å². The highest BCUT2D eigenvalue weighted by Gasteiger charge is 2.18. The monoisotopic (exact) mass is 340 g/mol. The zero-order chi connectivity index (χ0) is 17.2. The molecule has 2 aliphatic rings. The number of nitrogens with one attached hydrogen (secondary N) is 1. The van der Waals surface area contributed by atoms with E-state index in [1.165, 1.54) is 6.42 Å². The van der Waals surface area contributed by atoms with Crippen molar-refractivity contribution in [1.82, 2.24) is 19.7 Å². The Labute approximate surface area is 147 Å². The average molecular weight is 340 g/mol. The SMILES string of the molecule is CN1CCN(c2ccc(NC(=O)c3cc4n(n3)CCCC4)cn2)CC1. The molecule has 7 heteroatoms. The highest BCUT2D eigenvalue weighted by molar-refractivity contribution is 6.02. The van der Waals surface area contributed by atoms with Gasteiger partial charge in [0.15, 0.2) is 5.69 Å². The van der Waals surface area contributed by atoms with Gasteiger partial charge >= 0.3 is 0 Å². The van der Waals surface area contributed by atoms with E-state index < -0.39 is 0 Å². The molecule has 2 aromatic rings. The number of rotatable bonds is 3.